The number of carbonyl (C=O) groups excluding carboxylic acids is 1. The van der Waals surface area contributed by atoms with Crippen molar-refractivity contribution in [3.05, 3.63) is 41.3 Å². The van der Waals surface area contributed by atoms with Crippen LogP contribution in [0.5, 0.6) is 0 Å². The third-order valence-electron chi connectivity index (χ3n) is 4.75. The molecule has 0 aliphatic heterocycles. The molecule has 1 heterocycles. The Kier molecular flexibility index (Phi) is 6.41. The predicted octanol–water partition coefficient (Wildman–Crippen LogP) is 3.13. The summed E-state index contributed by atoms with van der Waals surface area (Å²) in [6.07, 6.45) is 5.87. The fraction of sp³-hybridized carbons (Fsp3) is 0.389. The first kappa shape index (κ1) is 19.7. The molecule has 144 valence electrons. The average Bonchev–Trinajstić information content (AvgIpc) is 2.68. The quantitative estimate of drug-likeness (QED) is 0.741. The zero-order valence-electron chi connectivity index (χ0n) is 15.0. The van der Waals surface area contributed by atoms with Gasteiger partial charge in [0.25, 0.3) is 5.91 Å². The van der Waals surface area contributed by atoms with Crippen molar-refractivity contribution < 1.29 is 9.00 Å². The van der Waals surface area contributed by atoms with Gasteiger partial charge in [0.05, 0.1) is 4.90 Å². The Bertz CT molecular complexity index is 840. The Morgan fingerprint density at radius 1 is 1.22 bits per heavy atom. The van der Waals surface area contributed by atoms with Gasteiger partial charge in [-0.05, 0) is 48.7 Å². The Morgan fingerprint density at radius 2 is 1.89 bits per heavy atom. The van der Waals surface area contributed by atoms with Gasteiger partial charge in [-0.1, -0.05) is 19.3 Å². The van der Waals surface area contributed by atoms with Crippen LogP contribution in [0.3, 0.4) is 0 Å². The lowest BCUT2D eigenvalue weighted by Crippen LogP contribution is -2.34. The highest BCUT2D eigenvalue weighted by atomic mass is 35.5. The molecule has 1 aliphatic carbocycles. The summed E-state index contributed by atoms with van der Waals surface area (Å²) in [5.74, 6) is 0.250. The van der Waals surface area contributed by atoms with E-state index in [-0.39, 0.29) is 16.9 Å². The maximum Gasteiger partial charge on any atom is 0.274 e. The number of benzene rings is 1. The van der Waals surface area contributed by atoms with Gasteiger partial charge in [0, 0.05) is 24.8 Å². The van der Waals surface area contributed by atoms with Gasteiger partial charge in [0.1, 0.15) is 22.5 Å². The molecule has 0 bridgehead atoms. The van der Waals surface area contributed by atoms with Crippen LogP contribution in [-0.2, 0) is 11.0 Å². The van der Waals surface area contributed by atoms with Gasteiger partial charge in [0.2, 0.25) is 5.28 Å². The SMILES string of the molecule is CN(c1cc(C(=O)Nc2ccc(S(N)=O)cc2)nc(Cl)n1)C1CCCCC1. The molecular weight excluding hydrogens is 386 g/mol. The summed E-state index contributed by atoms with van der Waals surface area (Å²) in [6, 6.07) is 8.51. The van der Waals surface area contributed by atoms with Crippen molar-refractivity contribution in [3.63, 3.8) is 0 Å². The summed E-state index contributed by atoms with van der Waals surface area (Å²) in [5.41, 5.74) is 0.741. The maximum atomic E-state index is 12.6. The minimum absolute atomic E-state index is 0.0363. The number of halogens is 1. The molecule has 0 spiro atoms. The van der Waals surface area contributed by atoms with Crippen molar-refractivity contribution in [1.29, 1.82) is 0 Å². The summed E-state index contributed by atoms with van der Waals surface area (Å²) in [6.45, 7) is 0. The zero-order valence-corrected chi connectivity index (χ0v) is 16.6. The first-order valence-corrected chi connectivity index (χ1v) is 10.4. The van der Waals surface area contributed by atoms with Crippen LogP contribution in [0.2, 0.25) is 5.28 Å². The van der Waals surface area contributed by atoms with E-state index in [0.29, 0.717) is 22.4 Å². The number of nitrogens with zero attached hydrogens (tertiary/aromatic N) is 3. The van der Waals surface area contributed by atoms with Crippen molar-refractivity contribution in [2.45, 2.75) is 43.0 Å². The van der Waals surface area contributed by atoms with E-state index in [1.165, 1.54) is 19.3 Å². The van der Waals surface area contributed by atoms with Crippen LogP contribution in [0.25, 0.3) is 0 Å². The molecule has 1 fully saturated rings. The summed E-state index contributed by atoms with van der Waals surface area (Å²) < 4.78 is 11.2. The lowest BCUT2D eigenvalue weighted by molar-refractivity contribution is 0.102. The van der Waals surface area contributed by atoms with Crippen molar-refractivity contribution >= 4 is 40.0 Å². The number of anilines is 2. The van der Waals surface area contributed by atoms with E-state index in [1.807, 2.05) is 7.05 Å². The number of aromatic nitrogens is 2. The van der Waals surface area contributed by atoms with Gasteiger partial charge in [-0.15, -0.1) is 0 Å². The Morgan fingerprint density at radius 3 is 2.52 bits per heavy atom. The first-order valence-electron chi connectivity index (χ1n) is 8.79. The number of nitrogens with one attached hydrogen (secondary N) is 1. The van der Waals surface area contributed by atoms with E-state index in [0.717, 1.165) is 12.8 Å². The monoisotopic (exact) mass is 407 g/mol. The van der Waals surface area contributed by atoms with E-state index in [1.54, 1.807) is 30.3 Å². The van der Waals surface area contributed by atoms with Crippen LogP contribution in [0, 0.1) is 0 Å². The minimum Gasteiger partial charge on any atom is -0.357 e. The first-order chi connectivity index (χ1) is 12.9. The molecule has 1 atom stereocenters. The van der Waals surface area contributed by atoms with Crippen LogP contribution < -0.4 is 15.4 Å². The number of hydrogen-bond donors (Lipinski definition) is 2. The van der Waals surface area contributed by atoms with Crippen molar-refractivity contribution in [1.82, 2.24) is 9.97 Å². The lowest BCUT2D eigenvalue weighted by Gasteiger charge is -2.32. The van der Waals surface area contributed by atoms with Gasteiger partial charge in [0.15, 0.2) is 0 Å². The third-order valence-corrected chi connectivity index (χ3v) is 5.65. The molecule has 9 heteroatoms. The second kappa shape index (κ2) is 8.77. The van der Waals surface area contributed by atoms with E-state index in [4.69, 9.17) is 16.7 Å². The highest BCUT2D eigenvalue weighted by Crippen LogP contribution is 2.26. The molecular formula is C18H22ClN5O2S. The van der Waals surface area contributed by atoms with Crippen molar-refractivity contribution in [2.24, 2.45) is 5.14 Å². The predicted molar refractivity (Wildman–Crippen MR) is 107 cm³/mol. The van der Waals surface area contributed by atoms with Crippen molar-refractivity contribution in [2.75, 3.05) is 17.3 Å². The van der Waals surface area contributed by atoms with E-state index in [2.05, 4.69) is 20.2 Å². The van der Waals surface area contributed by atoms with Crippen LogP contribution in [0.15, 0.2) is 35.2 Å². The summed E-state index contributed by atoms with van der Waals surface area (Å²) >= 11 is 6.06. The van der Waals surface area contributed by atoms with E-state index < -0.39 is 11.0 Å². The minimum atomic E-state index is -1.56. The second-order valence-electron chi connectivity index (χ2n) is 6.56. The smallest absolute Gasteiger partial charge is 0.274 e. The highest BCUT2D eigenvalue weighted by Gasteiger charge is 2.21. The Hall–Kier alpha value is -2.03. The molecule has 0 radical (unpaired) electrons. The average molecular weight is 408 g/mol. The normalized spacial score (nSPS) is 16.0. The van der Waals surface area contributed by atoms with Crippen LogP contribution in [0.1, 0.15) is 42.6 Å². The van der Waals surface area contributed by atoms with E-state index >= 15 is 0 Å². The molecule has 1 aromatic heterocycles. The maximum absolute atomic E-state index is 12.6. The van der Waals surface area contributed by atoms with Crippen LogP contribution in [-0.4, -0.2) is 33.2 Å². The molecule has 0 saturated heterocycles. The fourth-order valence-corrected chi connectivity index (χ4v) is 3.81. The van der Waals surface area contributed by atoms with Gasteiger partial charge in [-0.2, -0.15) is 0 Å². The van der Waals surface area contributed by atoms with Crippen LogP contribution >= 0.6 is 11.6 Å². The molecule has 2 aromatic rings. The standard InChI is InChI=1S/C18H22ClN5O2S/c1-24(13-5-3-2-4-6-13)16-11-15(22-18(19)23-16)17(25)21-12-7-9-14(10-8-12)27(20)26/h7-11,13H,2-6,20H2,1H3,(H,21,25). The van der Waals surface area contributed by atoms with Gasteiger partial charge in [-0.3, -0.25) is 4.79 Å². The number of nitrogens with two attached hydrogens (primary N) is 1. The molecule has 7 nitrogen and oxygen atoms in total. The third kappa shape index (κ3) is 5.03. The summed E-state index contributed by atoms with van der Waals surface area (Å²) in [5, 5.41) is 8.12. The van der Waals surface area contributed by atoms with Gasteiger partial charge < -0.3 is 10.2 Å². The molecule has 27 heavy (non-hydrogen) atoms. The number of rotatable bonds is 5. The number of carbonyl (C=O) groups is 1. The molecule has 3 rings (SSSR count). The van der Waals surface area contributed by atoms with Gasteiger partial charge in [-0.25, -0.2) is 19.3 Å². The fourth-order valence-electron chi connectivity index (χ4n) is 3.23. The molecule has 1 aromatic carbocycles. The number of hydrogen-bond acceptors (Lipinski definition) is 5. The topological polar surface area (TPSA) is 101 Å². The zero-order chi connectivity index (χ0) is 19.4. The van der Waals surface area contributed by atoms with Crippen LogP contribution in [0.4, 0.5) is 11.5 Å². The lowest BCUT2D eigenvalue weighted by atomic mass is 9.94. The molecule has 3 N–H and O–H groups in total. The van der Waals surface area contributed by atoms with E-state index in [9.17, 15) is 9.00 Å². The summed E-state index contributed by atoms with van der Waals surface area (Å²) in [4.78, 5) is 23.5. The van der Waals surface area contributed by atoms with Crippen molar-refractivity contribution in [3.8, 4) is 0 Å². The highest BCUT2D eigenvalue weighted by molar-refractivity contribution is 7.82. The Balaban J connectivity index is 1.76. The Labute approximate surface area is 165 Å². The summed E-state index contributed by atoms with van der Waals surface area (Å²) in [7, 11) is 0.418. The molecule has 1 unspecified atom stereocenters. The number of amides is 1. The largest absolute Gasteiger partial charge is 0.357 e. The molecule has 1 amide bonds. The molecule has 1 aliphatic rings. The van der Waals surface area contributed by atoms with Gasteiger partial charge >= 0.3 is 0 Å². The second-order valence-corrected chi connectivity index (χ2v) is 7.96. The molecule has 1 saturated carbocycles.